The zero-order chi connectivity index (χ0) is 29.3. The van der Waals surface area contributed by atoms with Crippen molar-refractivity contribution in [1.29, 1.82) is 0 Å². The number of rotatable bonds is 5. The molecule has 0 radical (unpaired) electrons. The van der Waals surface area contributed by atoms with Crippen LogP contribution in [0.2, 0.25) is 0 Å². The molecule has 1 saturated carbocycles. The van der Waals surface area contributed by atoms with E-state index in [-0.39, 0.29) is 41.3 Å². The summed E-state index contributed by atoms with van der Waals surface area (Å²) in [5.74, 6) is -3.35. The number of hydrogen-bond acceptors (Lipinski definition) is 11. The molecule has 3 aliphatic carbocycles. The Balaban J connectivity index is 1.35. The van der Waals surface area contributed by atoms with Crippen molar-refractivity contribution in [3.05, 3.63) is 76.4 Å². The number of dihydropyridines is 1. The topological polar surface area (TPSA) is 192 Å². The highest BCUT2D eigenvalue weighted by molar-refractivity contribution is 6.19. The number of hydrogen-bond donors (Lipinski definition) is 7. The van der Waals surface area contributed by atoms with E-state index in [1.165, 1.54) is 24.3 Å². The minimum atomic E-state index is -2.15. The predicted octanol–water partition coefficient (Wildman–Crippen LogP) is 0.749. The van der Waals surface area contributed by atoms with Crippen LogP contribution in [-0.2, 0) is 4.74 Å². The van der Waals surface area contributed by atoms with Crippen LogP contribution in [0.3, 0.4) is 0 Å². The Hall–Kier alpha value is -3.48. The Kier molecular flexibility index (Phi) is 6.63. The van der Waals surface area contributed by atoms with Crippen molar-refractivity contribution in [3.8, 4) is 5.75 Å². The van der Waals surface area contributed by atoms with Gasteiger partial charge in [0.1, 0.15) is 34.9 Å². The van der Waals surface area contributed by atoms with Gasteiger partial charge in [-0.2, -0.15) is 0 Å². The lowest BCUT2D eigenvalue weighted by Crippen LogP contribution is -2.77. The molecule has 6 rings (SSSR count). The zero-order valence-electron chi connectivity index (χ0n) is 22.5. The average molecular weight is 567 g/mol. The van der Waals surface area contributed by atoms with Crippen molar-refractivity contribution in [2.75, 3.05) is 13.2 Å². The fourth-order valence-electron chi connectivity index (χ4n) is 7.07. The minimum absolute atomic E-state index is 0.0687. The quantitative estimate of drug-likeness (QED) is 0.266. The minimum Gasteiger partial charge on any atom is -0.511 e. The summed E-state index contributed by atoms with van der Waals surface area (Å²) >= 11 is 0. The largest absolute Gasteiger partial charge is 0.511 e. The molecule has 1 aromatic rings. The van der Waals surface area contributed by atoms with Crippen LogP contribution in [0, 0.1) is 17.8 Å². The summed E-state index contributed by atoms with van der Waals surface area (Å²) in [6.45, 7) is 1.57. The molecule has 2 bridgehead atoms. The summed E-state index contributed by atoms with van der Waals surface area (Å²) in [5.41, 5.74) is 3.64. The molecule has 11 heteroatoms. The Morgan fingerprint density at radius 1 is 1.20 bits per heavy atom. The standard InChI is InChI=1S/C30H34N2O9/c1-14-9-18-22(19(34)10-14)25(36)23-17(24(18)35)3-2-4-20(23)40-27-26(37)30(39)16(11-15-6-8-32-21(31)12-15)5-7-29(13-33,41-27)28(30)38/h2-4,6,9-10,12,16,18,22,26-28,32-34,37-39H,5,7-8,11,13,31H2,1H3. The van der Waals surface area contributed by atoms with E-state index in [1.54, 1.807) is 19.1 Å². The van der Waals surface area contributed by atoms with Crippen molar-refractivity contribution in [3.63, 3.8) is 0 Å². The molecule has 2 aliphatic heterocycles. The molecule has 2 fully saturated rings. The van der Waals surface area contributed by atoms with Gasteiger partial charge in [-0.3, -0.25) is 9.59 Å². The first-order valence-corrected chi connectivity index (χ1v) is 13.7. The lowest BCUT2D eigenvalue weighted by molar-refractivity contribution is -0.376. The second-order valence-corrected chi connectivity index (χ2v) is 11.7. The number of ketones is 2. The van der Waals surface area contributed by atoms with Crippen LogP contribution in [0.25, 0.3) is 0 Å². The first-order chi connectivity index (χ1) is 19.5. The molecule has 218 valence electrons. The Morgan fingerprint density at radius 2 is 1.98 bits per heavy atom. The summed E-state index contributed by atoms with van der Waals surface area (Å²) in [4.78, 5) is 27.1. The van der Waals surface area contributed by atoms with Gasteiger partial charge in [0, 0.05) is 12.1 Å². The number of carbonyl (C=O) groups excluding carboxylic acids is 2. The predicted molar refractivity (Wildman–Crippen MR) is 145 cm³/mol. The SMILES string of the molecule is CC1=CC2C(=O)c3cccc(OC4OC5(CO)CCC(CC6=CCNC(N)=C6)C(O)(C4O)C5O)c3C(=O)C2C(O)=C1. The number of nitrogens with one attached hydrogen (secondary N) is 1. The van der Waals surface area contributed by atoms with E-state index in [0.29, 0.717) is 24.4 Å². The van der Waals surface area contributed by atoms with Gasteiger partial charge in [0.05, 0.1) is 29.8 Å². The normalized spacial score (nSPS) is 38.0. The van der Waals surface area contributed by atoms with E-state index in [2.05, 4.69) is 5.32 Å². The molecule has 1 aromatic carbocycles. The highest BCUT2D eigenvalue weighted by atomic mass is 16.7. The number of carbonyl (C=O) groups is 2. The third-order valence-corrected chi connectivity index (χ3v) is 9.21. The van der Waals surface area contributed by atoms with Gasteiger partial charge < -0.3 is 46.1 Å². The molecule has 2 heterocycles. The number of benzene rings is 1. The summed E-state index contributed by atoms with van der Waals surface area (Å²) in [5, 5.41) is 58.6. The lowest BCUT2D eigenvalue weighted by atomic mass is 9.60. The summed E-state index contributed by atoms with van der Waals surface area (Å²) in [6.07, 6.45) is 2.45. The highest BCUT2D eigenvalue weighted by Gasteiger charge is 2.67. The monoisotopic (exact) mass is 566 g/mol. The fourth-order valence-corrected chi connectivity index (χ4v) is 7.07. The Bertz CT molecular complexity index is 1430. The van der Waals surface area contributed by atoms with Gasteiger partial charge in [-0.1, -0.05) is 29.9 Å². The molecule has 8 atom stereocenters. The van der Waals surface area contributed by atoms with Gasteiger partial charge in [0.15, 0.2) is 11.6 Å². The maximum absolute atomic E-state index is 13.7. The van der Waals surface area contributed by atoms with E-state index in [4.69, 9.17) is 15.2 Å². The van der Waals surface area contributed by atoms with Crippen molar-refractivity contribution in [2.45, 2.75) is 55.9 Å². The molecule has 1 saturated heterocycles. The lowest BCUT2D eigenvalue weighted by Gasteiger charge is -2.59. The average Bonchev–Trinajstić information content (AvgIpc) is 2.94. The van der Waals surface area contributed by atoms with Crippen molar-refractivity contribution in [1.82, 2.24) is 5.32 Å². The van der Waals surface area contributed by atoms with Gasteiger partial charge >= 0.3 is 0 Å². The second-order valence-electron chi connectivity index (χ2n) is 11.7. The van der Waals surface area contributed by atoms with E-state index >= 15 is 0 Å². The van der Waals surface area contributed by atoms with Gasteiger partial charge in [0.25, 0.3) is 0 Å². The van der Waals surface area contributed by atoms with Gasteiger partial charge in [0.2, 0.25) is 6.29 Å². The van der Waals surface area contributed by atoms with Crippen molar-refractivity contribution in [2.24, 2.45) is 23.5 Å². The fraction of sp³-hybridized carbons (Fsp3) is 0.467. The van der Waals surface area contributed by atoms with Crippen molar-refractivity contribution >= 4 is 11.6 Å². The van der Waals surface area contributed by atoms with Crippen LogP contribution in [0.15, 0.2) is 65.2 Å². The van der Waals surface area contributed by atoms with Crippen LogP contribution in [0.5, 0.6) is 5.75 Å². The maximum atomic E-state index is 13.7. The molecule has 8 N–H and O–H groups in total. The van der Waals surface area contributed by atoms with E-state index in [0.717, 1.165) is 5.57 Å². The number of aliphatic hydroxyl groups excluding tert-OH is 4. The Morgan fingerprint density at radius 3 is 2.71 bits per heavy atom. The third kappa shape index (κ3) is 4.14. The summed E-state index contributed by atoms with van der Waals surface area (Å²) < 4.78 is 12.0. The highest BCUT2D eigenvalue weighted by Crippen LogP contribution is 2.51. The van der Waals surface area contributed by atoms with Crippen LogP contribution in [0.1, 0.15) is 46.9 Å². The summed E-state index contributed by atoms with van der Waals surface area (Å²) in [7, 11) is 0. The molecule has 5 aliphatic rings. The van der Waals surface area contributed by atoms with E-state index in [1.807, 2.05) is 6.08 Å². The van der Waals surface area contributed by atoms with Crippen LogP contribution in [0.4, 0.5) is 0 Å². The molecular formula is C30H34N2O9. The first-order valence-electron chi connectivity index (χ1n) is 13.7. The number of fused-ring (bicyclic) bond motifs is 4. The third-order valence-electron chi connectivity index (χ3n) is 9.21. The Labute approximate surface area is 236 Å². The maximum Gasteiger partial charge on any atom is 0.229 e. The number of ether oxygens (including phenoxy) is 2. The number of allylic oxidation sites excluding steroid dienone is 6. The zero-order valence-corrected chi connectivity index (χ0v) is 22.5. The molecular weight excluding hydrogens is 532 g/mol. The smallest absolute Gasteiger partial charge is 0.229 e. The van der Waals surface area contributed by atoms with Gasteiger partial charge in [-0.05, 0) is 55.9 Å². The van der Waals surface area contributed by atoms with E-state index in [9.17, 15) is 35.1 Å². The molecule has 8 unspecified atom stereocenters. The molecule has 0 spiro atoms. The van der Waals surface area contributed by atoms with Crippen LogP contribution < -0.4 is 15.8 Å². The van der Waals surface area contributed by atoms with E-state index < -0.39 is 59.8 Å². The van der Waals surface area contributed by atoms with Crippen molar-refractivity contribution < 1.29 is 44.6 Å². The van der Waals surface area contributed by atoms with Crippen LogP contribution in [-0.4, -0.2) is 80.0 Å². The first kappa shape index (κ1) is 27.7. The second kappa shape index (κ2) is 9.81. The van der Waals surface area contributed by atoms with Crippen LogP contribution >= 0.6 is 0 Å². The van der Waals surface area contributed by atoms with Gasteiger partial charge in [-0.15, -0.1) is 0 Å². The van der Waals surface area contributed by atoms with Gasteiger partial charge in [-0.25, -0.2) is 0 Å². The molecule has 0 aromatic heterocycles. The number of aliphatic hydroxyl groups is 5. The number of Topliss-reactive ketones (excluding diaryl/α,β-unsaturated/α-hetero) is 2. The number of nitrogens with two attached hydrogens (primary N) is 1. The summed E-state index contributed by atoms with van der Waals surface area (Å²) in [6, 6.07) is 4.46. The molecule has 41 heavy (non-hydrogen) atoms. The molecule has 11 nitrogen and oxygen atoms in total. The molecule has 0 amide bonds.